The van der Waals surface area contributed by atoms with Crippen LogP contribution in [0.4, 0.5) is 33.7 Å². The molecule has 0 atom stereocenters. The molecule has 5 rings (SSSR count). The van der Waals surface area contributed by atoms with Crippen LogP contribution >= 0.6 is 37.8 Å². The topological polar surface area (TPSA) is 281 Å². The van der Waals surface area contributed by atoms with Crippen molar-refractivity contribution in [1.82, 2.24) is 4.72 Å². The molecule has 2 saturated carbocycles. The molecule has 0 bridgehead atoms. The van der Waals surface area contributed by atoms with Crippen molar-refractivity contribution in [1.29, 1.82) is 0 Å². The van der Waals surface area contributed by atoms with Gasteiger partial charge in [-0.1, -0.05) is 12.2 Å². The van der Waals surface area contributed by atoms with Crippen LogP contribution in [0.3, 0.4) is 0 Å². The minimum atomic E-state index is -3.52. The average molecular weight is 1420 g/mol. The van der Waals surface area contributed by atoms with E-state index in [1.165, 1.54) is 14.2 Å². The molecule has 0 unspecified atom stereocenters. The lowest BCUT2D eigenvalue weighted by Gasteiger charge is -2.26. The maximum atomic E-state index is 13.2. The zero-order valence-electron chi connectivity index (χ0n) is 50.3. The first-order valence-electron chi connectivity index (χ1n) is 26.7. The van der Waals surface area contributed by atoms with Crippen molar-refractivity contribution in [2.75, 3.05) is 76.0 Å². The van der Waals surface area contributed by atoms with Crippen LogP contribution in [-0.4, -0.2) is 122 Å². The van der Waals surface area contributed by atoms with Gasteiger partial charge in [0.15, 0.2) is 0 Å². The standard InChI is InChI=1S/C16H21F2NO3S.C13H22NO6PS.C12H18IO4P.C7H10F2O.C6H13NO4S/c1-22-15-6-5-14(19-23(2,20)21)11-13(15)4-3-12-7-9-16(17,18)10-8-12;1-5-19-21(15,20-6-2)10-11-9-12(14-22(4,16)17)7-8-13(11)18-3;1-4-16-18(14,17-5-2)9-10-8-11(13)6-7-12(10)15-3;8-7(9)3-1-6(5-10)2-4-7;1-6(2,3)11-5(8)7-12(4,9)10/h3-6,11-12,19H,7-10H2,1-2H3;7-9,14H,5-6,10H2,1-4H3;6-8H,4-5,9H2,1-3H3;5-6H,1-4H2;1-4H3,(H,7,8)/b4-3+;;;;. The molecule has 0 aromatic heterocycles. The Hall–Kier alpha value is -4.06. The monoisotopic (exact) mass is 1420 g/mol. The fourth-order valence-corrected chi connectivity index (χ4v) is 13.2. The van der Waals surface area contributed by atoms with Gasteiger partial charge in [0.25, 0.3) is 0 Å². The Kier molecular flexibility index (Phi) is 33.8. The number of benzene rings is 3. The average Bonchev–Trinajstić information content (AvgIpc) is 3.48. The second-order valence-corrected chi connectivity index (χ2v) is 30.8. The number of sulfonamides is 3. The summed E-state index contributed by atoms with van der Waals surface area (Å²) < 4.78 is 191. The smallest absolute Gasteiger partial charge is 0.421 e. The van der Waals surface area contributed by atoms with E-state index in [2.05, 4.69) is 36.8 Å². The van der Waals surface area contributed by atoms with Crippen molar-refractivity contribution < 1.29 is 98.6 Å². The third-order valence-corrected chi connectivity index (χ3v) is 17.8. The summed E-state index contributed by atoms with van der Waals surface area (Å²) in [6.07, 6.45) is 8.00. The molecule has 3 aromatic carbocycles. The third-order valence-electron chi connectivity index (χ3n) is 11.3. The molecular weight excluding hydrogens is 1340 g/mol. The van der Waals surface area contributed by atoms with E-state index in [4.69, 9.17) is 32.3 Å². The van der Waals surface area contributed by atoms with Crippen LogP contribution < -0.4 is 28.4 Å². The van der Waals surface area contributed by atoms with Crippen molar-refractivity contribution in [3.63, 3.8) is 0 Å². The molecule has 0 saturated heterocycles. The molecule has 31 heteroatoms. The summed E-state index contributed by atoms with van der Waals surface area (Å²) in [4.78, 5) is 20.9. The lowest BCUT2D eigenvalue weighted by Crippen LogP contribution is -2.35. The van der Waals surface area contributed by atoms with Crippen LogP contribution in [0.5, 0.6) is 17.2 Å². The fourth-order valence-electron chi connectivity index (χ4n) is 7.80. The van der Waals surface area contributed by atoms with Crippen molar-refractivity contribution in [2.24, 2.45) is 11.8 Å². The molecule has 3 N–H and O–H groups in total. The van der Waals surface area contributed by atoms with Gasteiger partial charge < -0.3 is 41.8 Å². The molecule has 21 nitrogen and oxygen atoms in total. The van der Waals surface area contributed by atoms with Crippen molar-refractivity contribution in [2.45, 2.75) is 130 Å². The molecule has 0 heterocycles. The van der Waals surface area contributed by atoms with Gasteiger partial charge in [-0.05, 0) is 157 Å². The second-order valence-electron chi connectivity index (χ2n) is 20.2. The first kappa shape index (κ1) is 79.0. The van der Waals surface area contributed by atoms with Gasteiger partial charge in [-0.25, -0.2) is 52.3 Å². The van der Waals surface area contributed by atoms with Gasteiger partial charge >= 0.3 is 21.3 Å². The minimum Gasteiger partial charge on any atom is -0.496 e. The van der Waals surface area contributed by atoms with E-state index in [9.17, 15) is 61.5 Å². The zero-order chi connectivity index (χ0) is 65.1. The lowest BCUT2D eigenvalue weighted by atomic mass is 9.86. The maximum absolute atomic E-state index is 13.2. The van der Waals surface area contributed by atoms with Gasteiger partial charge in [0.1, 0.15) is 29.1 Å². The first-order chi connectivity index (χ1) is 39.2. The number of ether oxygens (including phenoxy) is 4. The number of carbonyl (C=O) groups excluding carboxylic acids is 2. The van der Waals surface area contributed by atoms with E-state index < -0.39 is 68.8 Å². The molecule has 1 amide bonds. The van der Waals surface area contributed by atoms with E-state index in [-0.39, 0.29) is 63.1 Å². The number of nitrogens with one attached hydrogen (secondary N) is 3. The van der Waals surface area contributed by atoms with E-state index >= 15 is 0 Å². The Morgan fingerprint density at radius 3 is 1.35 bits per heavy atom. The molecule has 2 aliphatic carbocycles. The number of hydrogen-bond donors (Lipinski definition) is 3. The Bertz CT molecular complexity index is 3030. The molecular formula is C54H84F4IN3O18P2S3. The number of halogens is 5. The Labute approximate surface area is 513 Å². The Balaban J connectivity index is 0.000000548. The SMILES string of the molecule is CC(C)(C)OC(=O)NS(C)(=O)=O.CCOP(=O)(Cc1cc(I)ccc1OC)OCC.CCOP(=O)(Cc1cc(NS(C)(=O)=O)ccc1OC)OCC.COc1ccc(NS(C)(=O)=O)cc1/C=C/C1CCC(F)(F)CC1.O=CC1CCC(F)(F)CC1. The number of hydrogen-bond acceptors (Lipinski definition) is 18. The number of anilines is 2. The molecule has 2 fully saturated rings. The largest absolute Gasteiger partial charge is 0.496 e. The minimum absolute atomic E-state index is 0.00284. The summed E-state index contributed by atoms with van der Waals surface area (Å²) in [6.45, 7) is 13.2. The molecule has 0 radical (unpaired) electrons. The normalized spacial score (nSPS) is 15.6. The summed E-state index contributed by atoms with van der Waals surface area (Å²) in [5.74, 6) is -3.26. The van der Waals surface area contributed by atoms with Crippen LogP contribution in [0.1, 0.15) is 117 Å². The highest BCUT2D eigenvalue weighted by atomic mass is 127. The van der Waals surface area contributed by atoms with Gasteiger partial charge in [0.05, 0.1) is 78.8 Å². The van der Waals surface area contributed by atoms with Crippen LogP contribution in [-0.2, 0) is 79.2 Å². The summed E-state index contributed by atoms with van der Waals surface area (Å²) in [5.41, 5.74) is 2.20. The predicted molar refractivity (Wildman–Crippen MR) is 331 cm³/mol. The predicted octanol–water partition coefficient (Wildman–Crippen LogP) is 13.3. The van der Waals surface area contributed by atoms with Crippen molar-refractivity contribution in [3.05, 3.63) is 80.9 Å². The zero-order valence-corrected chi connectivity index (χ0v) is 56.7. The molecule has 3 aromatic rings. The molecule has 85 heavy (non-hydrogen) atoms. The first-order valence-corrected chi connectivity index (χ1v) is 36.9. The number of allylic oxidation sites excluding steroid dienone is 1. The number of amides is 1. The highest BCUT2D eigenvalue weighted by molar-refractivity contribution is 14.1. The van der Waals surface area contributed by atoms with E-state index in [1.807, 2.05) is 24.3 Å². The summed E-state index contributed by atoms with van der Waals surface area (Å²) in [7, 11) is -12.1. The molecule has 0 aliphatic heterocycles. The number of rotatable bonds is 23. The molecule has 2 aliphatic rings. The van der Waals surface area contributed by atoms with Gasteiger partial charge in [0.2, 0.25) is 41.9 Å². The van der Waals surface area contributed by atoms with Crippen LogP contribution in [0, 0.1) is 15.4 Å². The summed E-state index contributed by atoms with van der Waals surface area (Å²) in [5, 5.41) is 0. The Morgan fingerprint density at radius 1 is 0.612 bits per heavy atom. The van der Waals surface area contributed by atoms with Gasteiger partial charge in [-0.15, -0.1) is 0 Å². The van der Waals surface area contributed by atoms with E-state index in [0.717, 1.165) is 34.2 Å². The summed E-state index contributed by atoms with van der Waals surface area (Å²) >= 11 is 2.21. The van der Waals surface area contributed by atoms with E-state index in [1.54, 1.807) is 103 Å². The summed E-state index contributed by atoms with van der Waals surface area (Å²) in [6, 6.07) is 15.4. The van der Waals surface area contributed by atoms with Crippen LogP contribution in [0.2, 0.25) is 0 Å². The van der Waals surface area contributed by atoms with Crippen LogP contribution in [0.15, 0.2) is 60.7 Å². The lowest BCUT2D eigenvalue weighted by molar-refractivity contribution is -0.115. The number of carbonyl (C=O) groups is 2. The third kappa shape index (κ3) is 34.9. The number of methoxy groups -OCH3 is 3. The van der Waals surface area contributed by atoms with Crippen molar-refractivity contribution in [3.8, 4) is 17.2 Å². The van der Waals surface area contributed by atoms with E-state index in [0.29, 0.717) is 78.6 Å². The number of aldehydes is 1. The van der Waals surface area contributed by atoms with Crippen LogP contribution in [0.25, 0.3) is 6.08 Å². The highest BCUT2D eigenvalue weighted by Gasteiger charge is 2.35. The van der Waals surface area contributed by atoms with Gasteiger partial charge in [0, 0.05) is 63.2 Å². The second kappa shape index (κ2) is 36.4. The maximum Gasteiger partial charge on any atom is 0.421 e. The van der Waals surface area contributed by atoms with Gasteiger partial charge in [-0.3, -0.25) is 18.6 Å². The highest BCUT2D eigenvalue weighted by Crippen LogP contribution is 2.54. The Morgan fingerprint density at radius 2 is 0.988 bits per heavy atom. The quantitative estimate of drug-likeness (QED) is 0.0344. The molecule has 0 spiro atoms. The van der Waals surface area contributed by atoms with Crippen molar-refractivity contribution >= 4 is 97.7 Å². The molecule has 486 valence electrons. The number of alkyl halides is 4. The van der Waals surface area contributed by atoms with Gasteiger partial charge in [-0.2, -0.15) is 0 Å². The fraction of sp³-hybridized carbons (Fsp3) is 0.593.